The van der Waals surface area contributed by atoms with Gasteiger partial charge in [0.2, 0.25) is 5.95 Å². The van der Waals surface area contributed by atoms with Gasteiger partial charge in [0.15, 0.2) is 10.8 Å². The van der Waals surface area contributed by atoms with Crippen molar-refractivity contribution in [3.05, 3.63) is 6.20 Å². The Bertz CT molecular complexity index is 422. The van der Waals surface area contributed by atoms with E-state index in [-0.39, 0.29) is 0 Å². The summed E-state index contributed by atoms with van der Waals surface area (Å²) in [6, 6.07) is 0. The summed E-state index contributed by atoms with van der Waals surface area (Å²) in [5, 5.41) is 3.65. The number of aromatic amines is 1. The minimum Gasteiger partial charge on any atom is -0.359 e. The number of hydrogen-bond donors (Lipinski definition) is 2. The van der Waals surface area contributed by atoms with E-state index in [1.54, 1.807) is 13.2 Å². The van der Waals surface area contributed by atoms with Crippen LogP contribution in [0.5, 0.6) is 0 Å². The Morgan fingerprint density at radius 1 is 1.46 bits per heavy atom. The number of imidazole rings is 1. The number of H-pyrrole nitrogens is 1. The second-order valence-electron chi connectivity index (χ2n) is 2.43. The first kappa shape index (κ1) is 8.31. The maximum atomic E-state index is 4.23. The van der Waals surface area contributed by atoms with E-state index in [9.17, 15) is 0 Å². The smallest absolute Gasteiger partial charge is 0.202 e. The lowest BCUT2D eigenvalue weighted by Crippen LogP contribution is -1.88. The van der Waals surface area contributed by atoms with Crippen LogP contribution in [0.25, 0.3) is 11.2 Å². The second-order valence-corrected chi connectivity index (χ2v) is 3.20. The van der Waals surface area contributed by atoms with Crippen LogP contribution in [-0.2, 0) is 0 Å². The summed E-state index contributed by atoms with van der Waals surface area (Å²) in [7, 11) is 1.81. The average molecular weight is 195 g/mol. The van der Waals surface area contributed by atoms with Gasteiger partial charge >= 0.3 is 0 Å². The van der Waals surface area contributed by atoms with Gasteiger partial charge in [-0.2, -0.15) is 4.98 Å². The van der Waals surface area contributed by atoms with Crippen LogP contribution in [0.3, 0.4) is 0 Å². The van der Waals surface area contributed by atoms with Gasteiger partial charge in [-0.25, -0.2) is 9.97 Å². The highest BCUT2D eigenvalue weighted by molar-refractivity contribution is 7.98. The third-order valence-corrected chi connectivity index (χ3v) is 2.20. The van der Waals surface area contributed by atoms with E-state index in [4.69, 9.17) is 0 Å². The van der Waals surface area contributed by atoms with Crippen molar-refractivity contribution in [3.63, 3.8) is 0 Å². The summed E-state index contributed by atoms with van der Waals surface area (Å²) in [5.41, 5.74) is 1.55. The lowest BCUT2D eigenvalue weighted by Gasteiger charge is -1.90. The van der Waals surface area contributed by atoms with Crippen LogP contribution in [0.1, 0.15) is 0 Å². The highest BCUT2D eigenvalue weighted by Crippen LogP contribution is 2.14. The van der Waals surface area contributed by atoms with Crippen molar-refractivity contribution in [1.29, 1.82) is 0 Å². The normalized spacial score (nSPS) is 10.6. The fourth-order valence-corrected chi connectivity index (χ4v) is 1.34. The molecular weight excluding hydrogens is 186 g/mol. The molecule has 6 heteroatoms. The molecule has 2 rings (SSSR count). The first-order valence-electron chi connectivity index (χ1n) is 3.78. The van der Waals surface area contributed by atoms with Crippen molar-refractivity contribution >= 4 is 28.9 Å². The summed E-state index contributed by atoms with van der Waals surface area (Å²) < 4.78 is 0. The molecule has 0 spiro atoms. The highest BCUT2D eigenvalue weighted by Gasteiger charge is 2.03. The van der Waals surface area contributed by atoms with Crippen molar-refractivity contribution in [2.45, 2.75) is 5.16 Å². The number of hydrogen-bond acceptors (Lipinski definition) is 5. The molecule has 0 unspecified atom stereocenters. The maximum Gasteiger partial charge on any atom is 0.202 e. The van der Waals surface area contributed by atoms with Gasteiger partial charge in [-0.05, 0) is 6.26 Å². The van der Waals surface area contributed by atoms with Crippen LogP contribution in [0.4, 0.5) is 5.95 Å². The van der Waals surface area contributed by atoms with E-state index >= 15 is 0 Å². The third-order valence-electron chi connectivity index (χ3n) is 1.64. The van der Waals surface area contributed by atoms with E-state index in [0.29, 0.717) is 11.6 Å². The number of anilines is 1. The van der Waals surface area contributed by atoms with Crippen molar-refractivity contribution in [2.75, 3.05) is 18.6 Å². The Morgan fingerprint density at radius 2 is 2.31 bits per heavy atom. The molecule has 0 saturated heterocycles. The standard InChI is InChI=1S/C7H9N5S/c1-8-6-10-4-3-9-7(13-2)12-5(4)11-6/h3H,1-2H3,(H2,8,9,10,11,12). The Hall–Kier alpha value is -1.30. The zero-order valence-electron chi connectivity index (χ0n) is 7.33. The summed E-state index contributed by atoms with van der Waals surface area (Å²) in [6.07, 6.45) is 3.68. The van der Waals surface area contributed by atoms with Crippen LogP contribution in [-0.4, -0.2) is 33.2 Å². The zero-order chi connectivity index (χ0) is 9.26. The molecule has 0 aliphatic carbocycles. The quantitative estimate of drug-likeness (QED) is 0.555. The molecule has 0 saturated carbocycles. The van der Waals surface area contributed by atoms with E-state index in [0.717, 1.165) is 10.7 Å². The average Bonchev–Trinajstić information content (AvgIpc) is 2.58. The molecule has 0 aliphatic rings. The molecule has 0 fully saturated rings. The fourth-order valence-electron chi connectivity index (χ4n) is 1.01. The van der Waals surface area contributed by atoms with Gasteiger partial charge in [-0.3, -0.25) is 0 Å². The number of fused-ring (bicyclic) bond motifs is 1. The summed E-state index contributed by atoms with van der Waals surface area (Å²) >= 11 is 1.50. The molecule has 2 aromatic rings. The first-order valence-corrected chi connectivity index (χ1v) is 5.00. The Kier molecular flexibility index (Phi) is 2.05. The van der Waals surface area contributed by atoms with Crippen molar-refractivity contribution in [2.24, 2.45) is 0 Å². The molecule has 0 aromatic carbocycles. The zero-order valence-corrected chi connectivity index (χ0v) is 8.14. The molecule has 0 atom stereocenters. The molecule has 68 valence electrons. The third kappa shape index (κ3) is 1.44. The molecule has 2 aromatic heterocycles. The minimum atomic E-state index is 0.698. The van der Waals surface area contributed by atoms with Gasteiger partial charge in [0, 0.05) is 7.05 Å². The number of thioether (sulfide) groups is 1. The number of nitrogens with one attached hydrogen (secondary N) is 2. The number of nitrogens with zero attached hydrogens (tertiary/aromatic N) is 3. The van der Waals surface area contributed by atoms with Crippen LogP contribution in [0.15, 0.2) is 11.4 Å². The van der Waals surface area contributed by atoms with Crippen molar-refractivity contribution in [1.82, 2.24) is 19.9 Å². The van der Waals surface area contributed by atoms with E-state index in [1.165, 1.54) is 11.8 Å². The molecule has 0 aliphatic heterocycles. The topological polar surface area (TPSA) is 66.5 Å². The first-order chi connectivity index (χ1) is 6.33. The Labute approximate surface area is 79.4 Å². The van der Waals surface area contributed by atoms with Gasteiger partial charge in [0.1, 0.15) is 5.52 Å². The van der Waals surface area contributed by atoms with Gasteiger partial charge < -0.3 is 10.3 Å². The number of aromatic nitrogens is 4. The fraction of sp³-hybridized carbons (Fsp3) is 0.286. The minimum absolute atomic E-state index is 0.698. The van der Waals surface area contributed by atoms with Crippen molar-refractivity contribution < 1.29 is 0 Å². The molecule has 2 N–H and O–H groups in total. The molecular formula is C7H9N5S. The van der Waals surface area contributed by atoms with E-state index < -0.39 is 0 Å². The Morgan fingerprint density at radius 3 is 3.00 bits per heavy atom. The molecule has 0 amide bonds. The summed E-state index contributed by atoms with van der Waals surface area (Å²) in [4.78, 5) is 15.6. The Balaban J connectivity index is 2.57. The molecule has 0 radical (unpaired) electrons. The lowest BCUT2D eigenvalue weighted by molar-refractivity contribution is 0.997. The molecule has 13 heavy (non-hydrogen) atoms. The predicted octanol–water partition coefficient (Wildman–Crippen LogP) is 1.12. The predicted molar refractivity (Wildman–Crippen MR) is 53.0 cm³/mol. The van der Waals surface area contributed by atoms with Crippen LogP contribution < -0.4 is 5.32 Å². The van der Waals surface area contributed by atoms with E-state index in [1.807, 2.05) is 6.26 Å². The monoisotopic (exact) mass is 195 g/mol. The maximum absolute atomic E-state index is 4.23. The molecule has 0 bridgehead atoms. The van der Waals surface area contributed by atoms with Crippen molar-refractivity contribution in [3.8, 4) is 0 Å². The summed E-state index contributed by atoms with van der Waals surface area (Å²) in [5.74, 6) is 0.711. The summed E-state index contributed by atoms with van der Waals surface area (Å²) in [6.45, 7) is 0. The van der Waals surface area contributed by atoms with Crippen LogP contribution in [0.2, 0.25) is 0 Å². The number of rotatable bonds is 2. The van der Waals surface area contributed by atoms with E-state index in [2.05, 4.69) is 25.3 Å². The van der Waals surface area contributed by atoms with Gasteiger partial charge in [-0.1, -0.05) is 11.8 Å². The van der Waals surface area contributed by atoms with Gasteiger partial charge in [0.25, 0.3) is 0 Å². The van der Waals surface area contributed by atoms with Crippen LogP contribution >= 0.6 is 11.8 Å². The molecule has 2 heterocycles. The second kappa shape index (κ2) is 3.21. The molecule has 5 nitrogen and oxygen atoms in total. The largest absolute Gasteiger partial charge is 0.359 e. The van der Waals surface area contributed by atoms with Gasteiger partial charge in [0.05, 0.1) is 6.20 Å². The lowest BCUT2D eigenvalue weighted by atomic mass is 10.6. The van der Waals surface area contributed by atoms with Crippen LogP contribution in [0, 0.1) is 0 Å². The highest BCUT2D eigenvalue weighted by atomic mass is 32.2. The SMILES string of the molecule is CNc1nc2nc(SC)ncc2[nH]1. The van der Waals surface area contributed by atoms with Gasteiger partial charge in [-0.15, -0.1) is 0 Å².